The predicted molar refractivity (Wildman–Crippen MR) is 106 cm³/mol. The molecule has 0 spiro atoms. The zero-order valence-corrected chi connectivity index (χ0v) is 16.0. The number of fused-ring (bicyclic) bond motifs is 1. The van der Waals surface area contributed by atoms with Gasteiger partial charge in [0, 0.05) is 32.7 Å². The monoisotopic (exact) mass is 381 g/mol. The van der Waals surface area contributed by atoms with Gasteiger partial charge in [-0.1, -0.05) is 42.5 Å². The van der Waals surface area contributed by atoms with Crippen molar-refractivity contribution in [3.8, 4) is 5.75 Å². The van der Waals surface area contributed by atoms with Crippen LogP contribution in [0.25, 0.3) is 0 Å². The second-order valence-electron chi connectivity index (χ2n) is 7.90. The fraction of sp³-hybridized carbons (Fsp3) is 0.435. The molecule has 0 saturated carbocycles. The molecule has 0 amide bonds. The van der Waals surface area contributed by atoms with E-state index in [1.807, 2.05) is 30.3 Å². The van der Waals surface area contributed by atoms with E-state index in [0.717, 1.165) is 31.7 Å². The van der Waals surface area contributed by atoms with E-state index in [0.29, 0.717) is 26.4 Å². The first-order valence-electron chi connectivity index (χ1n) is 9.95. The van der Waals surface area contributed by atoms with Gasteiger partial charge in [0.2, 0.25) is 0 Å². The fourth-order valence-corrected chi connectivity index (χ4v) is 4.40. The fourth-order valence-electron chi connectivity index (χ4n) is 4.40. The van der Waals surface area contributed by atoms with Gasteiger partial charge in [0.05, 0.1) is 13.2 Å². The van der Waals surface area contributed by atoms with Gasteiger partial charge in [-0.3, -0.25) is 9.69 Å². The predicted octanol–water partition coefficient (Wildman–Crippen LogP) is 3.23. The second kappa shape index (κ2) is 8.33. The smallest absolute Gasteiger partial charge is 0.313 e. The zero-order valence-electron chi connectivity index (χ0n) is 16.0. The van der Waals surface area contributed by atoms with Gasteiger partial charge in [0.25, 0.3) is 0 Å². The van der Waals surface area contributed by atoms with Crippen LogP contribution in [0.3, 0.4) is 0 Å². The SMILES string of the molecule is O=C(O)[C@]12COCC[C@H]1CN(Cc1ccc(OCCc3ccccc3)cc1)C2. The summed E-state index contributed by atoms with van der Waals surface area (Å²) in [5.41, 5.74) is 1.71. The van der Waals surface area contributed by atoms with Crippen molar-refractivity contribution in [3.63, 3.8) is 0 Å². The minimum Gasteiger partial charge on any atom is -0.493 e. The first-order chi connectivity index (χ1) is 13.7. The van der Waals surface area contributed by atoms with Crippen molar-refractivity contribution < 1.29 is 19.4 Å². The van der Waals surface area contributed by atoms with E-state index < -0.39 is 11.4 Å². The molecule has 5 nitrogen and oxygen atoms in total. The highest BCUT2D eigenvalue weighted by Gasteiger charge is 2.53. The molecular formula is C23H27NO4. The molecule has 1 N–H and O–H groups in total. The lowest BCUT2D eigenvalue weighted by Crippen LogP contribution is -2.46. The number of carboxylic acid groups (broad SMARTS) is 1. The Morgan fingerprint density at radius 2 is 1.93 bits per heavy atom. The van der Waals surface area contributed by atoms with Crippen LogP contribution in [0.2, 0.25) is 0 Å². The maximum Gasteiger partial charge on any atom is 0.313 e. The van der Waals surface area contributed by atoms with Gasteiger partial charge in [-0.2, -0.15) is 0 Å². The van der Waals surface area contributed by atoms with Gasteiger partial charge in [-0.25, -0.2) is 0 Å². The maximum absolute atomic E-state index is 11.9. The van der Waals surface area contributed by atoms with E-state index in [1.54, 1.807) is 0 Å². The lowest BCUT2D eigenvalue weighted by Gasteiger charge is -2.34. The molecule has 0 aromatic heterocycles. The van der Waals surface area contributed by atoms with Gasteiger partial charge in [0.15, 0.2) is 0 Å². The molecule has 2 saturated heterocycles. The number of carbonyl (C=O) groups is 1. The minimum absolute atomic E-state index is 0.180. The molecule has 2 fully saturated rings. The summed E-state index contributed by atoms with van der Waals surface area (Å²) >= 11 is 0. The highest BCUT2D eigenvalue weighted by atomic mass is 16.5. The molecule has 5 heteroatoms. The summed E-state index contributed by atoms with van der Waals surface area (Å²) in [4.78, 5) is 14.1. The molecule has 2 aliphatic rings. The number of ether oxygens (including phenoxy) is 2. The highest BCUT2D eigenvalue weighted by molar-refractivity contribution is 5.76. The zero-order chi connectivity index (χ0) is 19.4. The summed E-state index contributed by atoms with van der Waals surface area (Å²) in [7, 11) is 0. The molecule has 0 bridgehead atoms. The standard InChI is InChI=1S/C23H27NO4/c25-22(26)23-16-24(15-20(23)11-12-27-17-23)14-19-6-8-21(9-7-19)28-13-10-18-4-2-1-3-5-18/h1-9,20H,10-17H2,(H,25,26)/t20-,23+/m0/s1. The Balaban J connectivity index is 1.30. The third-order valence-electron chi connectivity index (χ3n) is 5.99. The van der Waals surface area contributed by atoms with E-state index in [9.17, 15) is 9.90 Å². The van der Waals surface area contributed by atoms with Crippen LogP contribution in [0.5, 0.6) is 5.75 Å². The molecule has 0 unspecified atom stereocenters. The van der Waals surface area contributed by atoms with Crippen LogP contribution in [0.1, 0.15) is 17.5 Å². The lowest BCUT2D eigenvalue weighted by atomic mass is 9.76. The van der Waals surface area contributed by atoms with E-state index in [1.165, 1.54) is 11.1 Å². The van der Waals surface area contributed by atoms with Gasteiger partial charge in [-0.15, -0.1) is 0 Å². The van der Waals surface area contributed by atoms with Crippen LogP contribution >= 0.6 is 0 Å². The molecule has 2 aromatic carbocycles. The Bertz CT molecular complexity index is 792. The molecule has 0 aliphatic carbocycles. The first kappa shape index (κ1) is 19.0. The van der Waals surface area contributed by atoms with Crippen LogP contribution in [0.4, 0.5) is 0 Å². The number of hydrogen-bond acceptors (Lipinski definition) is 4. The number of benzene rings is 2. The number of nitrogens with zero attached hydrogens (tertiary/aromatic N) is 1. The number of aliphatic carboxylic acids is 1. The molecular weight excluding hydrogens is 354 g/mol. The van der Waals surface area contributed by atoms with Gasteiger partial charge >= 0.3 is 5.97 Å². The highest BCUT2D eigenvalue weighted by Crippen LogP contribution is 2.42. The molecule has 2 aromatic rings. The molecule has 28 heavy (non-hydrogen) atoms. The van der Waals surface area contributed by atoms with Crippen LogP contribution in [0.15, 0.2) is 54.6 Å². The van der Waals surface area contributed by atoms with E-state index in [4.69, 9.17) is 9.47 Å². The summed E-state index contributed by atoms with van der Waals surface area (Å²) in [6.07, 6.45) is 1.72. The van der Waals surface area contributed by atoms with Gasteiger partial charge in [-0.05, 0) is 35.6 Å². The van der Waals surface area contributed by atoms with E-state index in [-0.39, 0.29) is 5.92 Å². The lowest BCUT2D eigenvalue weighted by molar-refractivity contribution is -0.159. The van der Waals surface area contributed by atoms with Crippen LogP contribution < -0.4 is 4.74 Å². The van der Waals surface area contributed by atoms with Gasteiger partial charge < -0.3 is 14.6 Å². The molecule has 148 valence electrons. The third-order valence-corrected chi connectivity index (χ3v) is 5.99. The number of hydrogen-bond donors (Lipinski definition) is 1. The number of carboxylic acids is 1. The Labute approximate surface area is 165 Å². The third kappa shape index (κ3) is 4.05. The molecule has 2 aliphatic heterocycles. The summed E-state index contributed by atoms with van der Waals surface area (Å²) < 4.78 is 11.4. The largest absolute Gasteiger partial charge is 0.493 e. The summed E-state index contributed by atoms with van der Waals surface area (Å²) in [5.74, 6) is 0.325. The van der Waals surface area contributed by atoms with Gasteiger partial charge in [0.1, 0.15) is 11.2 Å². The quantitative estimate of drug-likeness (QED) is 0.798. The van der Waals surface area contributed by atoms with E-state index in [2.05, 4.69) is 29.2 Å². The van der Waals surface area contributed by atoms with Crippen LogP contribution in [-0.4, -0.2) is 48.9 Å². The Morgan fingerprint density at radius 1 is 1.14 bits per heavy atom. The van der Waals surface area contributed by atoms with Crippen molar-refractivity contribution >= 4 is 5.97 Å². The molecule has 0 radical (unpaired) electrons. The van der Waals surface area contributed by atoms with Crippen molar-refractivity contribution in [3.05, 3.63) is 65.7 Å². The van der Waals surface area contributed by atoms with Crippen LogP contribution in [0, 0.1) is 11.3 Å². The van der Waals surface area contributed by atoms with Crippen LogP contribution in [-0.2, 0) is 22.5 Å². The average molecular weight is 381 g/mol. The van der Waals surface area contributed by atoms with Crippen molar-refractivity contribution in [2.24, 2.45) is 11.3 Å². The topological polar surface area (TPSA) is 59.0 Å². The van der Waals surface area contributed by atoms with Crippen molar-refractivity contribution in [2.45, 2.75) is 19.4 Å². The number of rotatable bonds is 7. The van der Waals surface area contributed by atoms with Crippen molar-refractivity contribution in [1.29, 1.82) is 0 Å². The molecule has 2 heterocycles. The summed E-state index contributed by atoms with van der Waals surface area (Å²) in [6, 6.07) is 18.5. The molecule has 2 atom stereocenters. The Morgan fingerprint density at radius 3 is 2.64 bits per heavy atom. The Hall–Kier alpha value is -2.37. The normalized spacial score (nSPS) is 24.6. The average Bonchev–Trinajstić information content (AvgIpc) is 3.09. The first-order valence-corrected chi connectivity index (χ1v) is 9.95. The summed E-state index contributed by atoms with van der Waals surface area (Å²) in [5, 5.41) is 9.76. The Kier molecular flexibility index (Phi) is 5.64. The second-order valence-corrected chi connectivity index (χ2v) is 7.90. The molecule has 4 rings (SSSR count). The minimum atomic E-state index is -0.737. The maximum atomic E-state index is 11.9. The van der Waals surface area contributed by atoms with E-state index >= 15 is 0 Å². The van der Waals surface area contributed by atoms with Crippen molar-refractivity contribution in [2.75, 3.05) is 32.9 Å². The summed E-state index contributed by atoms with van der Waals surface area (Å²) in [6.45, 7) is 3.79. The van der Waals surface area contributed by atoms with Crippen molar-refractivity contribution in [1.82, 2.24) is 4.90 Å². The number of likely N-dealkylation sites (tertiary alicyclic amines) is 1.